The summed E-state index contributed by atoms with van der Waals surface area (Å²) in [5.74, 6) is 1.13. The number of nitrogens with zero attached hydrogens (tertiary/aromatic N) is 2. The smallest absolute Gasteiger partial charge is 0.217 e. The van der Waals surface area contributed by atoms with Crippen LogP contribution in [0.5, 0.6) is 5.88 Å². The van der Waals surface area contributed by atoms with Crippen LogP contribution in [0.1, 0.15) is 58.9 Å². The molecule has 1 heterocycles. The zero-order valence-electron chi connectivity index (χ0n) is 12.4. The molecule has 1 unspecified atom stereocenters. The van der Waals surface area contributed by atoms with Crippen molar-refractivity contribution in [2.45, 2.75) is 58.7 Å². The van der Waals surface area contributed by atoms with Crippen LogP contribution in [0.15, 0.2) is 12.3 Å². The molecule has 0 spiro atoms. The summed E-state index contributed by atoms with van der Waals surface area (Å²) >= 11 is 0. The fourth-order valence-electron chi connectivity index (χ4n) is 1.60. The molecule has 5 nitrogen and oxygen atoms in total. The van der Waals surface area contributed by atoms with E-state index in [0.717, 1.165) is 13.0 Å². The fraction of sp³-hybridized carbons (Fsp3) is 0.714. The van der Waals surface area contributed by atoms with Gasteiger partial charge in [0.1, 0.15) is 11.8 Å². The summed E-state index contributed by atoms with van der Waals surface area (Å²) in [6.45, 7) is 9.01. The van der Waals surface area contributed by atoms with E-state index in [1.807, 2.05) is 20.8 Å². The topological polar surface area (TPSA) is 73.1 Å². The van der Waals surface area contributed by atoms with E-state index in [9.17, 15) is 0 Å². The number of hydrogen-bond acceptors (Lipinski definition) is 5. The second-order valence-electron chi connectivity index (χ2n) is 5.61. The van der Waals surface area contributed by atoms with Crippen molar-refractivity contribution >= 4 is 0 Å². The zero-order chi connectivity index (χ0) is 14.3. The first-order valence-electron chi connectivity index (χ1n) is 6.93. The molecule has 0 saturated carbocycles. The molecule has 0 aliphatic rings. The summed E-state index contributed by atoms with van der Waals surface area (Å²) in [5, 5.41) is 3.22. The lowest BCUT2D eigenvalue weighted by molar-refractivity contribution is 0.123. The van der Waals surface area contributed by atoms with Gasteiger partial charge in [-0.3, -0.25) is 5.32 Å². The van der Waals surface area contributed by atoms with Crippen molar-refractivity contribution in [1.29, 1.82) is 0 Å². The van der Waals surface area contributed by atoms with Gasteiger partial charge in [-0.1, -0.05) is 19.8 Å². The quantitative estimate of drug-likeness (QED) is 0.585. The molecular weight excluding hydrogens is 240 g/mol. The maximum absolute atomic E-state index is 6.02. The number of ether oxygens (including phenoxy) is 1. The Bertz CT molecular complexity index is 376. The van der Waals surface area contributed by atoms with Crippen molar-refractivity contribution in [2.24, 2.45) is 5.73 Å². The molecule has 19 heavy (non-hydrogen) atoms. The Balaban J connectivity index is 2.55. The van der Waals surface area contributed by atoms with Gasteiger partial charge >= 0.3 is 0 Å². The first-order chi connectivity index (χ1) is 8.92. The number of unbranched alkanes of at least 4 members (excludes halogenated alkanes) is 2. The van der Waals surface area contributed by atoms with Crippen LogP contribution in [0.2, 0.25) is 0 Å². The predicted molar refractivity (Wildman–Crippen MR) is 76.9 cm³/mol. The van der Waals surface area contributed by atoms with Crippen molar-refractivity contribution in [2.75, 3.05) is 6.54 Å². The van der Waals surface area contributed by atoms with Gasteiger partial charge < -0.3 is 10.5 Å². The fourth-order valence-corrected chi connectivity index (χ4v) is 1.60. The molecular formula is C14H26N4O. The second-order valence-corrected chi connectivity index (χ2v) is 5.61. The van der Waals surface area contributed by atoms with Gasteiger partial charge in [-0.2, -0.15) is 4.98 Å². The zero-order valence-corrected chi connectivity index (χ0v) is 12.4. The van der Waals surface area contributed by atoms with E-state index in [4.69, 9.17) is 10.5 Å². The van der Waals surface area contributed by atoms with Crippen molar-refractivity contribution in [1.82, 2.24) is 15.3 Å². The van der Waals surface area contributed by atoms with Crippen LogP contribution in [-0.2, 0) is 0 Å². The van der Waals surface area contributed by atoms with E-state index in [1.165, 1.54) is 12.8 Å². The molecule has 0 fully saturated rings. The standard InChI is InChI=1S/C14H26N4O/c1-5-6-7-9-16-12(15)13-17-10-8-11(18-13)19-14(2,3)4/h8,10,12,16H,5-7,9,15H2,1-4H3. The lowest BCUT2D eigenvalue weighted by Gasteiger charge is -2.21. The summed E-state index contributed by atoms with van der Waals surface area (Å²) in [5.41, 5.74) is 5.74. The van der Waals surface area contributed by atoms with E-state index in [0.29, 0.717) is 11.7 Å². The molecule has 0 amide bonds. The summed E-state index contributed by atoms with van der Waals surface area (Å²) in [6, 6.07) is 1.75. The van der Waals surface area contributed by atoms with E-state index < -0.39 is 0 Å². The minimum atomic E-state index is -0.347. The molecule has 0 radical (unpaired) electrons. The molecule has 0 saturated heterocycles. The molecule has 3 N–H and O–H groups in total. The third kappa shape index (κ3) is 6.50. The Labute approximate surface area is 116 Å². The molecule has 0 aliphatic carbocycles. The van der Waals surface area contributed by atoms with Gasteiger partial charge in [-0.25, -0.2) is 4.98 Å². The third-order valence-corrected chi connectivity index (χ3v) is 2.48. The van der Waals surface area contributed by atoms with Gasteiger partial charge in [-0.05, 0) is 33.7 Å². The van der Waals surface area contributed by atoms with Crippen molar-refractivity contribution in [3.63, 3.8) is 0 Å². The molecule has 0 aliphatic heterocycles. The van der Waals surface area contributed by atoms with Crippen LogP contribution >= 0.6 is 0 Å². The molecule has 1 rings (SSSR count). The Morgan fingerprint density at radius 1 is 1.37 bits per heavy atom. The highest BCUT2D eigenvalue weighted by molar-refractivity contribution is 5.11. The lowest BCUT2D eigenvalue weighted by atomic mass is 10.2. The maximum Gasteiger partial charge on any atom is 0.217 e. The monoisotopic (exact) mass is 266 g/mol. The molecule has 0 bridgehead atoms. The van der Waals surface area contributed by atoms with Crippen LogP contribution < -0.4 is 15.8 Å². The third-order valence-electron chi connectivity index (χ3n) is 2.48. The summed E-state index contributed by atoms with van der Waals surface area (Å²) in [4.78, 5) is 8.53. The van der Waals surface area contributed by atoms with Gasteiger partial charge in [0, 0.05) is 12.3 Å². The average molecular weight is 266 g/mol. The summed E-state index contributed by atoms with van der Waals surface area (Å²) < 4.78 is 5.70. The normalized spacial score (nSPS) is 13.3. The highest BCUT2D eigenvalue weighted by atomic mass is 16.5. The molecule has 1 aromatic rings. The second kappa shape index (κ2) is 7.40. The van der Waals surface area contributed by atoms with Crippen molar-refractivity contribution < 1.29 is 4.74 Å². The van der Waals surface area contributed by atoms with Gasteiger partial charge in [0.05, 0.1) is 0 Å². The van der Waals surface area contributed by atoms with E-state index in [-0.39, 0.29) is 11.8 Å². The maximum atomic E-state index is 6.02. The predicted octanol–water partition coefficient (Wildman–Crippen LogP) is 2.39. The molecule has 1 aromatic heterocycles. The van der Waals surface area contributed by atoms with E-state index >= 15 is 0 Å². The molecule has 0 aromatic carbocycles. The summed E-state index contributed by atoms with van der Waals surface area (Å²) in [6.07, 6.45) is 4.84. The SMILES string of the molecule is CCCCCNC(N)c1nccc(OC(C)(C)C)n1. The Hall–Kier alpha value is -1.20. The van der Waals surface area contributed by atoms with Gasteiger partial charge in [0.15, 0.2) is 5.82 Å². The first-order valence-corrected chi connectivity index (χ1v) is 6.93. The van der Waals surface area contributed by atoms with E-state index in [2.05, 4.69) is 22.2 Å². The lowest BCUT2D eigenvalue weighted by Crippen LogP contribution is -2.31. The minimum absolute atomic E-state index is 0.274. The van der Waals surface area contributed by atoms with Crippen molar-refractivity contribution in [3.8, 4) is 5.88 Å². The number of aromatic nitrogens is 2. The minimum Gasteiger partial charge on any atom is -0.472 e. The van der Waals surface area contributed by atoms with Crippen LogP contribution in [-0.4, -0.2) is 22.1 Å². The number of nitrogens with one attached hydrogen (secondary N) is 1. The van der Waals surface area contributed by atoms with Crippen LogP contribution in [0.4, 0.5) is 0 Å². The first kappa shape index (κ1) is 15.9. The summed E-state index contributed by atoms with van der Waals surface area (Å²) in [7, 11) is 0. The highest BCUT2D eigenvalue weighted by Crippen LogP contribution is 2.15. The Morgan fingerprint density at radius 2 is 2.11 bits per heavy atom. The number of nitrogens with two attached hydrogens (primary N) is 1. The number of rotatable bonds is 7. The number of hydrogen-bond donors (Lipinski definition) is 2. The van der Waals surface area contributed by atoms with Crippen LogP contribution in [0, 0.1) is 0 Å². The van der Waals surface area contributed by atoms with Gasteiger partial charge in [-0.15, -0.1) is 0 Å². The molecule has 1 atom stereocenters. The highest BCUT2D eigenvalue weighted by Gasteiger charge is 2.15. The Morgan fingerprint density at radius 3 is 2.74 bits per heavy atom. The van der Waals surface area contributed by atoms with Crippen LogP contribution in [0.3, 0.4) is 0 Å². The molecule has 5 heteroatoms. The average Bonchev–Trinajstić information content (AvgIpc) is 2.32. The largest absolute Gasteiger partial charge is 0.472 e. The van der Waals surface area contributed by atoms with Crippen LogP contribution in [0.25, 0.3) is 0 Å². The van der Waals surface area contributed by atoms with Crippen molar-refractivity contribution in [3.05, 3.63) is 18.1 Å². The van der Waals surface area contributed by atoms with Gasteiger partial charge in [0.2, 0.25) is 5.88 Å². The Kier molecular flexibility index (Phi) is 6.18. The van der Waals surface area contributed by atoms with E-state index in [1.54, 1.807) is 12.3 Å². The van der Waals surface area contributed by atoms with Gasteiger partial charge in [0.25, 0.3) is 0 Å². The molecule has 108 valence electrons.